The zero-order valence-electron chi connectivity index (χ0n) is 20.4. The maximum absolute atomic E-state index is 13.7. The summed E-state index contributed by atoms with van der Waals surface area (Å²) in [5.41, 5.74) is 13.5. The van der Waals surface area contributed by atoms with Crippen molar-refractivity contribution in [2.24, 2.45) is 11.5 Å². The number of carbonyl (C=O) groups is 1. The molecule has 1 amide bonds. The van der Waals surface area contributed by atoms with Gasteiger partial charge >= 0.3 is 0 Å². The number of aromatic nitrogens is 3. The highest BCUT2D eigenvalue weighted by Crippen LogP contribution is 2.30. The molecular weight excluding hydrogens is 534 g/mol. The topological polar surface area (TPSA) is 178 Å². The number of primary amides is 1. The molecule has 0 bridgehead atoms. The standard InChI is InChI=1S/C27H23N7O3S2/c28-24(29)17-6-3-5-16(13-17)14-22(27-33-20-9-1-2-10-23(20)38-27)34-39(36,37)19-8-4-7-18(15-19)26-31-12-11-21(32-26)25(30)35/h1-13,15,22,34H,14H2,(H3,28,29)(H2,30,35). The van der Waals surface area contributed by atoms with Gasteiger partial charge in [-0.25, -0.2) is 28.1 Å². The van der Waals surface area contributed by atoms with Gasteiger partial charge in [0.15, 0.2) is 5.82 Å². The van der Waals surface area contributed by atoms with Crippen molar-refractivity contribution < 1.29 is 13.2 Å². The molecule has 3 aromatic carbocycles. The van der Waals surface area contributed by atoms with Gasteiger partial charge in [0.2, 0.25) is 10.0 Å². The van der Waals surface area contributed by atoms with Gasteiger partial charge in [0.25, 0.3) is 5.91 Å². The first-order valence-corrected chi connectivity index (χ1v) is 14.0. The second-order valence-electron chi connectivity index (χ2n) is 8.67. The predicted molar refractivity (Wildman–Crippen MR) is 150 cm³/mol. The minimum atomic E-state index is -4.05. The van der Waals surface area contributed by atoms with Crippen molar-refractivity contribution in [1.29, 1.82) is 5.41 Å². The van der Waals surface area contributed by atoms with E-state index < -0.39 is 22.0 Å². The van der Waals surface area contributed by atoms with E-state index in [1.165, 1.54) is 35.7 Å². The molecular formula is C27H23N7O3S2. The van der Waals surface area contributed by atoms with Crippen LogP contribution in [0.2, 0.25) is 0 Å². The molecule has 1 unspecified atom stereocenters. The van der Waals surface area contributed by atoms with E-state index in [1.54, 1.807) is 30.3 Å². The highest BCUT2D eigenvalue weighted by molar-refractivity contribution is 7.89. The van der Waals surface area contributed by atoms with Gasteiger partial charge in [0.1, 0.15) is 16.5 Å². The first kappa shape index (κ1) is 26.1. The number of hydrogen-bond acceptors (Lipinski definition) is 8. The van der Waals surface area contributed by atoms with E-state index in [-0.39, 0.29) is 28.7 Å². The maximum atomic E-state index is 13.7. The van der Waals surface area contributed by atoms with E-state index in [2.05, 4.69) is 14.7 Å². The van der Waals surface area contributed by atoms with E-state index in [9.17, 15) is 13.2 Å². The van der Waals surface area contributed by atoms with Crippen LogP contribution in [0.3, 0.4) is 0 Å². The summed E-state index contributed by atoms with van der Waals surface area (Å²) in [6.45, 7) is 0. The molecule has 39 heavy (non-hydrogen) atoms. The number of amidine groups is 1. The molecule has 6 N–H and O–H groups in total. The molecule has 2 heterocycles. The SMILES string of the molecule is N=C(N)c1cccc(CC(NS(=O)(=O)c2cccc(-c3nccc(C(N)=O)n3)c2)c2nc3ccccc3s2)c1. The van der Waals surface area contributed by atoms with Crippen molar-refractivity contribution in [3.05, 3.63) is 107 Å². The quantitative estimate of drug-likeness (QED) is 0.158. The fraction of sp³-hybridized carbons (Fsp3) is 0.0741. The van der Waals surface area contributed by atoms with Crippen LogP contribution in [-0.4, -0.2) is 35.1 Å². The third-order valence-corrected chi connectivity index (χ3v) is 8.51. The Morgan fingerprint density at radius 3 is 2.54 bits per heavy atom. The van der Waals surface area contributed by atoms with Gasteiger partial charge in [-0.1, -0.05) is 42.5 Å². The number of nitrogen functional groups attached to an aromatic ring is 1. The normalized spacial score (nSPS) is 12.3. The number of thiazole rings is 1. The number of benzene rings is 3. The van der Waals surface area contributed by atoms with Crippen molar-refractivity contribution in [2.75, 3.05) is 0 Å². The Bertz CT molecular complexity index is 1790. The number of nitrogens with zero attached hydrogens (tertiary/aromatic N) is 3. The molecule has 1 atom stereocenters. The first-order chi connectivity index (χ1) is 18.7. The molecule has 10 nitrogen and oxygen atoms in total. The van der Waals surface area contributed by atoms with E-state index in [0.29, 0.717) is 16.1 Å². The summed E-state index contributed by atoms with van der Waals surface area (Å²) >= 11 is 1.41. The number of amides is 1. The molecule has 0 fully saturated rings. The lowest BCUT2D eigenvalue weighted by Crippen LogP contribution is -2.30. The first-order valence-electron chi connectivity index (χ1n) is 11.7. The second-order valence-corrected chi connectivity index (χ2v) is 11.4. The summed E-state index contributed by atoms with van der Waals surface area (Å²) in [5, 5.41) is 8.35. The van der Waals surface area contributed by atoms with Crippen molar-refractivity contribution >= 4 is 43.3 Å². The fourth-order valence-electron chi connectivity index (χ4n) is 4.01. The Morgan fingerprint density at radius 1 is 0.974 bits per heavy atom. The van der Waals surface area contributed by atoms with Gasteiger partial charge in [-0.15, -0.1) is 11.3 Å². The Morgan fingerprint density at radius 2 is 1.77 bits per heavy atom. The number of rotatable bonds is 9. The summed E-state index contributed by atoms with van der Waals surface area (Å²) < 4.78 is 31.0. The maximum Gasteiger partial charge on any atom is 0.267 e. The van der Waals surface area contributed by atoms with Gasteiger partial charge < -0.3 is 11.5 Å². The third kappa shape index (κ3) is 5.82. The number of para-hydroxylation sites is 1. The number of fused-ring (bicyclic) bond motifs is 1. The molecule has 5 aromatic rings. The van der Waals surface area contributed by atoms with E-state index >= 15 is 0 Å². The summed E-state index contributed by atoms with van der Waals surface area (Å²) in [4.78, 5) is 24.5. The third-order valence-electron chi connectivity index (χ3n) is 5.89. The van der Waals surface area contributed by atoms with Crippen LogP contribution < -0.4 is 16.2 Å². The van der Waals surface area contributed by atoms with Gasteiger partial charge in [-0.05, 0) is 48.4 Å². The van der Waals surface area contributed by atoms with E-state index in [1.807, 2.05) is 30.3 Å². The number of carbonyl (C=O) groups excluding carboxylic acids is 1. The van der Waals surface area contributed by atoms with Crippen molar-refractivity contribution in [2.45, 2.75) is 17.4 Å². The van der Waals surface area contributed by atoms with E-state index in [0.717, 1.165) is 15.8 Å². The molecule has 0 saturated heterocycles. The van der Waals surface area contributed by atoms with Gasteiger partial charge in [-0.3, -0.25) is 10.2 Å². The average molecular weight is 558 g/mol. The number of sulfonamides is 1. The van der Waals surface area contributed by atoms with Crippen molar-refractivity contribution in [3.63, 3.8) is 0 Å². The summed E-state index contributed by atoms with van der Waals surface area (Å²) in [5.74, 6) is -0.614. The molecule has 0 aliphatic carbocycles. The Kier molecular flexibility index (Phi) is 7.15. The predicted octanol–water partition coefficient (Wildman–Crippen LogP) is 3.40. The highest BCUT2D eigenvalue weighted by atomic mass is 32.2. The van der Waals surface area contributed by atoms with Crippen LogP contribution in [0.15, 0.2) is 90.0 Å². The zero-order valence-corrected chi connectivity index (χ0v) is 22.0. The number of nitrogens with two attached hydrogens (primary N) is 2. The van der Waals surface area contributed by atoms with Crippen LogP contribution in [0.5, 0.6) is 0 Å². The lowest BCUT2D eigenvalue weighted by Gasteiger charge is -2.18. The number of hydrogen-bond donors (Lipinski definition) is 4. The molecule has 196 valence electrons. The van der Waals surface area contributed by atoms with Crippen molar-refractivity contribution in [3.8, 4) is 11.4 Å². The molecule has 0 saturated carbocycles. The van der Waals surface area contributed by atoms with E-state index in [4.69, 9.17) is 21.9 Å². The largest absolute Gasteiger partial charge is 0.384 e. The summed E-state index contributed by atoms with van der Waals surface area (Å²) in [6, 6.07) is 21.5. The van der Waals surface area contributed by atoms with Crippen LogP contribution in [0.1, 0.15) is 32.7 Å². The monoisotopic (exact) mass is 557 g/mol. The number of nitrogens with one attached hydrogen (secondary N) is 2. The summed E-state index contributed by atoms with van der Waals surface area (Å²) in [6.07, 6.45) is 1.67. The lowest BCUT2D eigenvalue weighted by atomic mass is 10.0. The minimum absolute atomic E-state index is 0.00308. The van der Waals surface area contributed by atoms with Crippen LogP contribution in [-0.2, 0) is 16.4 Å². The van der Waals surface area contributed by atoms with Gasteiger partial charge in [-0.2, -0.15) is 0 Å². The second kappa shape index (κ2) is 10.7. The molecule has 0 radical (unpaired) electrons. The minimum Gasteiger partial charge on any atom is -0.384 e. The van der Waals surface area contributed by atoms with Crippen LogP contribution in [0.4, 0.5) is 0 Å². The molecule has 0 aliphatic heterocycles. The Balaban J connectivity index is 1.51. The van der Waals surface area contributed by atoms with Gasteiger partial charge in [0, 0.05) is 17.3 Å². The molecule has 0 aliphatic rings. The lowest BCUT2D eigenvalue weighted by molar-refractivity contribution is 0.0995. The Labute approximate surface area is 228 Å². The van der Waals surface area contributed by atoms with Crippen LogP contribution in [0.25, 0.3) is 21.6 Å². The highest BCUT2D eigenvalue weighted by Gasteiger charge is 2.25. The molecule has 2 aromatic heterocycles. The molecule has 5 rings (SSSR count). The van der Waals surface area contributed by atoms with Crippen LogP contribution in [0, 0.1) is 5.41 Å². The summed E-state index contributed by atoms with van der Waals surface area (Å²) in [7, 11) is -4.05. The van der Waals surface area contributed by atoms with Gasteiger partial charge in [0.05, 0.1) is 21.2 Å². The average Bonchev–Trinajstić information content (AvgIpc) is 3.37. The zero-order chi connectivity index (χ0) is 27.6. The smallest absolute Gasteiger partial charge is 0.267 e. The van der Waals surface area contributed by atoms with Crippen LogP contribution >= 0.6 is 11.3 Å². The molecule has 12 heteroatoms. The fourth-order valence-corrected chi connectivity index (χ4v) is 6.35. The Hall–Kier alpha value is -4.52. The van der Waals surface area contributed by atoms with Crippen molar-refractivity contribution in [1.82, 2.24) is 19.7 Å². The molecule has 0 spiro atoms.